The number of hydrogen-bond donors (Lipinski definition) is 0. The Balaban J connectivity index is 2.72. The summed E-state index contributed by atoms with van der Waals surface area (Å²) in [5.74, 6) is -0.618. The van der Waals surface area contributed by atoms with E-state index in [1.54, 1.807) is 30.3 Å². The van der Waals surface area contributed by atoms with Gasteiger partial charge in [-0.1, -0.05) is 36.9 Å². The monoisotopic (exact) mass is 235 g/mol. The molecular formula is C12H13NO4. The van der Waals surface area contributed by atoms with Crippen molar-refractivity contribution in [1.82, 2.24) is 0 Å². The van der Waals surface area contributed by atoms with E-state index < -0.39 is 16.9 Å². The van der Waals surface area contributed by atoms with Crippen LogP contribution < -0.4 is 0 Å². The van der Waals surface area contributed by atoms with Crippen molar-refractivity contribution >= 4 is 5.97 Å². The number of nitro groups is 1. The van der Waals surface area contributed by atoms with Gasteiger partial charge in [-0.15, -0.1) is 0 Å². The lowest BCUT2D eigenvalue weighted by Crippen LogP contribution is -2.19. The van der Waals surface area contributed by atoms with E-state index in [1.807, 2.05) is 0 Å². The fourth-order valence-corrected chi connectivity index (χ4v) is 1.23. The molecule has 17 heavy (non-hydrogen) atoms. The summed E-state index contributed by atoms with van der Waals surface area (Å²) in [6.45, 7) is 4.61. The first-order valence-electron chi connectivity index (χ1n) is 5.03. The fourth-order valence-electron chi connectivity index (χ4n) is 1.23. The van der Waals surface area contributed by atoms with Gasteiger partial charge < -0.3 is 4.74 Å². The van der Waals surface area contributed by atoms with Gasteiger partial charge in [0.2, 0.25) is 0 Å². The molecular weight excluding hydrogens is 222 g/mol. The Bertz CT molecular complexity index is 427. The molecule has 0 N–H and O–H groups in total. The van der Waals surface area contributed by atoms with E-state index in [1.165, 1.54) is 6.92 Å². The summed E-state index contributed by atoms with van der Waals surface area (Å²) in [5.41, 5.74) is 0.729. The van der Waals surface area contributed by atoms with Gasteiger partial charge in [-0.05, 0) is 6.92 Å². The number of esters is 1. The smallest absolute Gasteiger partial charge is 0.333 e. The largest absolute Gasteiger partial charge is 0.455 e. The molecule has 0 saturated heterocycles. The van der Waals surface area contributed by atoms with Gasteiger partial charge in [0.1, 0.15) is 0 Å². The summed E-state index contributed by atoms with van der Waals surface area (Å²) in [7, 11) is 0. The number of nitrogens with zero attached hydrogens (tertiary/aromatic N) is 1. The van der Waals surface area contributed by atoms with Gasteiger partial charge in [-0.25, -0.2) is 4.79 Å². The van der Waals surface area contributed by atoms with Crippen LogP contribution in [-0.4, -0.2) is 17.5 Å². The molecule has 1 unspecified atom stereocenters. The van der Waals surface area contributed by atoms with Crippen molar-refractivity contribution in [2.75, 3.05) is 6.61 Å². The number of carbonyl (C=O) groups excluding carboxylic acids is 1. The number of rotatable bonds is 5. The van der Waals surface area contributed by atoms with E-state index >= 15 is 0 Å². The molecule has 0 fully saturated rings. The van der Waals surface area contributed by atoms with Gasteiger partial charge in [-0.2, -0.15) is 0 Å². The predicted octanol–water partition coefficient (Wildman–Crippen LogP) is 2.12. The maximum absolute atomic E-state index is 11.2. The summed E-state index contributed by atoms with van der Waals surface area (Å²) in [4.78, 5) is 21.6. The lowest BCUT2D eigenvalue weighted by Gasteiger charge is -2.10. The van der Waals surface area contributed by atoms with E-state index in [9.17, 15) is 14.9 Å². The van der Waals surface area contributed by atoms with Crippen molar-refractivity contribution in [3.05, 3.63) is 58.2 Å². The van der Waals surface area contributed by atoms with Crippen LogP contribution in [-0.2, 0) is 9.53 Å². The average molecular weight is 235 g/mol. The molecule has 0 aliphatic rings. The summed E-state index contributed by atoms with van der Waals surface area (Å²) in [6, 6.07) is 7.38. The second kappa shape index (κ2) is 5.79. The average Bonchev–Trinajstić information content (AvgIpc) is 2.29. The lowest BCUT2D eigenvalue weighted by molar-refractivity contribution is -0.532. The van der Waals surface area contributed by atoms with E-state index in [0.29, 0.717) is 5.56 Å². The molecule has 1 rings (SSSR count). The highest BCUT2D eigenvalue weighted by molar-refractivity contribution is 5.86. The zero-order chi connectivity index (χ0) is 12.8. The Labute approximate surface area is 98.9 Å². The van der Waals surface area contributed by atoms with Crippen LogP contribution in [0.15, 0.2) is 42.5 Å². The van der Waals surface area contributed by atoms with Crippen LogP contribution in [0.25, 0.3) is 0 Å². The Kier molecular flexibility index (Phi) is 4.39. The van der Waals surface area contributed by atoms with Crippen LogP contribution in [0.1, 0.15) is 18.5 Å². The summed E-state index contributed by atoms with van der Waals surface area (Å²) >= 11 is 0. The minimum absolute atomic E-state index is 0.222. The number of carbonyl (C=O) groups is 1. The van der Waals surface area contributed by atoms with Gasteiger partial charge >= 0.3 is 5.97 Å². The minimum atomic E-state index is -1.04. The van der Waals surface area contributed by atoms with Crippen molar-refractivity contribution in [3.8, 4) is 0 Å². The van der Waals surface area contributed by atoms with E-state index in [-0.39, 0.29) is 12.2 Å². The molecule has 0 aromatic heterocycles. The Morgan fingerprint density at radius 2 is 2.06 bits per heavy atom. The van der Waals surface area contributed by atoms with Gasteiger partial charge in [0, 0.05) is 16.1 Å². The van der Waals surface area contributed by atoms with Crippen molar-refractivity contribution in [1.29, 1.82) is 0 Å². The first-order chi connectivity index (χ1) is 8.02. The second-order valence-corrected chi connectivity index (χ2v) is 3.59. The van der Waals surface area contributed by atoms with Crippen molar-refractivity contribution in [3.63, 3.8) is 0 Å². The Hall–Kier alpha value is -2.17. The summed E-state index contributed by atoms with van der Waals surface area (Å²) in [5, 5.41) is 10.9. The molecule has 1 aromatic carbocycles. The van der Waals surface area contributed by atoms with Gasteiger partial charge in [0.05, 0.1) is 0 Å². The molecule has 1 aromatic rings. The second-order valence-electron chi connectivity index (χ2n) is 3.59. The molecule has 0 bridgehead atoms. The van der Waals surface area contributed by atoms with Crippen LogP contribution in [0.2, 0.25) is 0 Å². The van der Waals surface area contributed by atoms with Gasteiger partial charge in [-0.3, -0.25) is 10.1 Å². The zero-order valence-corrected chi connectivity index (χ0v) is 9.46. The van der Waals surface area contributed by atoms with Crippen LogP contribution in [0.3, 0.4) is 0 Å². The topological polar surface area (TPSA) is 69.4 Å². The molecule has 0 radical (unpaired) electrons. The third kappa shape index (κ3) is 3.71. The van der Waals surface area contributed by atoms with Crippen LogP contribution in [0.5, 0.6) is 0 Å². The third-order valence-corrected chi connectivity index (χ3v) is 2.16. The normalized spacial score (nSPS) is 11.6. The Morgan fingerprint density at radius 3 is 2.53 bits per heavy atom. The van der Waals surface area contributed by atoms with E-state index in [4.69, 9.17) is 4.74 Å². The highest BCUT2D eigenvalue weighted by Crippen LogP contribution is 2.16. The molecule has 1 atom stereocenters. The first-order valence-corrected chi connectivity index (χ1v) is 5.03. The molecule has 0 aliphatic heterocycles. The lowest BCUT2D eigenvalue weighted by atomic mass is 10.1. The van der Waals surface area contributed by atoms with E-state index in [2.05, 4.69) is 6.58 Å². The van der Waals surface area contributed by atoms with Crippen molar-refractivity contribution in [2.24, 2.45) is 0 Å². The van der Waals surface area contributed by atoms with Gasteiger partial charge in [0.25, 0.3) is 6.04 Å². The van der Waals surface area contributed by atoms with Crippen LogP contribution >= 0.6 is 0 Å². The molecule has 0 heterocycles. The number of benzene rings is 1. The molecule has 0 aliphatic carbocycles. The predicted molar refractivity (Wildman–Crippen MR) is 62.0 cm³/mol. The third-order valence-electron chi connectivity index (χ3n) is 2.16. The molecule has 5 nitrogen and oxygen atoms in total. The maximum Gasteiger partial charge on any atom is 0.333 e. The molecule has 0 saturated carbocycles. The highest BCUT2D eigenvalue weighted by atomic mass is 16.6. The number of hydrogen-bond acceptors (Lipinski definition) is 4. The maximum atomic E-state index is 11.2. The summed E-state index contributed by atoms with van der Waals surface area (Å²) < 4.78 is 4.80. The quantitative estimate of drug-likeness (QED) is 0.339. The van der Waals surface area contributed by atoms with Crippen LogP contribution in [0.4, 0.5) is 0 Å². The van der Waals surface area contributed by atoms with Crippen molar-refractivity contribution in [2.45, 2.75) is 13.0 Å². The van der Waals surface area contributed by atoms with Crippen molar-refractivity contribution < 1.29 is 14.5 Å². The number of ether oxygens (including phenoxy) is 1. The van der Waals surface area contributed by atoms with E-state index in [0.717, 1.165) is 0 Å². The standard InChI is InChI=1S/C12H13NO4/c1-9(2)12(14)17-8-11(13(15)16)10-6-4-3-5-7-10/h3-7,11H,1,8H2,2H3. The molecule has 0 spiro atoms. The molecule has 90 valence electrons. The first kappa shape index (κ1) is 12.9. The molecule has 0 amide bonds. The van der Waals surface area contributed by atoms with Crippen LogP contribution in [0, 0.1) is 10.1 Å². The fraction of sp³-hybridized carbons (Fsp3) is 0.250. The van der Waals surface area contributed by atoms with Gasteiger partial charge in [0.15, 0.2) is 6.61 Å². The highest BCUT2D eigenvalue weighted by Gasteiger charge is 2.24. The SMILES string of the molecule is C=C(C)C(=O)OCC(c1ccccc1)[N+](=O)[O-]. The Morgan fingerprint density at radius 1 is 1.47 bits per heavy atom. The molecule has 5 heteroatoms. The summed E-state index contributed by atoms with van der Waals surface area (Å²) in [6.07, 6.45) is 0. The zero-order valence-electron chi connectivity index (χ0n) is 9.46. The minimum Gasteiger partial charge on any atom is -0.455 e.